The minimum Gasteiger partial charge on any atom is -0.444 e. The van der Waals surface area contributed by atoms with E-state index in [0.29, 0.717) is 12.6 Å². The van der Waals surface area contributed by atoms with Crippen molar-refractivity contribution in [3.05, 3.63) is 0 Å². The van der Waals surface area contributed by atoms with Crippen molar-refractivity contribution in [2.24, 2.45) is 0 Å². The predicted molar refractivity (Wildman–Crippen MR) is 77.3 cm³/mol. The second kappa shape index (κ2) is 6.57. The van der Waals surface area contributed by atoms with Gasteiger partial charge in [-0.2, -0.15) is 0 Å². The summed E-state index contributed by atoms with van der Waals surface area (Å²) in [6.07, 6.45) is 2.12. The van der Waals surface area contributed by atoms with Gasteiger partial charge in [0.15, 0.2) is 0 Å². The van der Waals surface area contributed by atoms with Crippen LogP contribution in [0.2, 0.25) is 0 Å². The first-order chi connectivity index (χ1) is 8.68. The Kier molecular flexibility index (Phi) is 5.62. The highest BCUT2D eigenvalue weighted by Crippen LogP contribution is 2.08. The average Bonchev–Trinajstić information content (AvgIpc) is 2.74. The predicted octanol–water partition coefficient (Wildman–Crippen LogP) is 1.63. The Morgan fingerprint density at radius 3 is 2.53 bits per heavy atom. The second-order valence-electron chi connectivity index (χ2n) is 6.91. The van der Waals surface area contributed by atoms with Crippen LogP contribution in [-0.4, -0.2) is 42.9 Å². The Balaban J connectivity index is 2.23. The maximum absolute atomic E-state index is 11.6. The van der Waals surface area contributed by atoms with Gasteiger partial charge in [-0.15, -0.1) is 0 Å². The van der Waals surface area contributed by atoms with Gasteiger partial charge in [-0.3, -0.25) is 0 Å². The van der Waals surface area contributed by atoms with Gasteiger partial charge in [-0.25, -0.2) is 4.79 Å². The summed E-state index contributed by atoms with van der Waals surface area (Å²) in [5.74, 6) is 0. The van der Waals surface area contributed by atoms with Crippen molar-refractivity contribution < 1.29 is 9.53 Å². The molecule has 19 heavy (non-hydrogen) atoms. The van der Waals surface area contributed by atoms with Crippen molar-refractivity contribution in [2.75, 3.05) is 19.6 Å². The number of carbonyl (C=O) groups excluding carboxylic acids is 1. The molecule has 1 aliphatic heterocycles. The molecule has 5 heteroatoms. The van der Waals surface area contributed by atoms with Gasteiger partial charge >= 0.3 is 6.09 Å². The maximum Gasteiger partial charge on any atom is 0.407 e. The van der Waals surface area contributed by atoms with E-state index in [1.807, 2.05) is 20.8 Å². The number of rotatable bonds is 5. The number of alkyl carbamates (subject to hydrolysis) is 1. The number of nitrogens with one attached hydrogen (secondary N) is 3. The van der Waals surface area contributed by atoms with Gasteiger partial charge in [0, 0.05) is 24.7 Å². The number of carbonyl (C=O) groups is 1. The molecule has 5 nitrogen and oxygen atoms in total. The van der Waals surface area contributed by atoms with Crippen molar-refractivity contribution in [1.82, 2.24) is 16.0 Å². The Hall–Kier alpha value is -0.810. The maximum atomic E-state index is 11.6. The lowest BCUT2D eigenvalue weighted by molar-refractivity contribution is 0.0513. The smallest absolute Gasteiger partial charge is 0.407 e. The minimum atomic E-state index is -0.449. The third-order valence-corrected chi connectivity index (χ3v) is 3.06. The fraction of sp³-hybridized carbons (Fsp3) is 0.929. The van der Waals surface area contributed by atoms with E-state index < -0.39 is 5.60 Å². The fourth-order valence-corrected chi connectivity index (χ4v) is 2.00. The van der Waals surface area contributed by atoms with Crippen LogP contribution in [0.25, 0.3) is 0 Å². The zero-order valence-corrected chi connectivity index (χ0v) is 12.9. The highest BCUT2D eigenvalue weighted by molar-refractivity contribution is 5.67. The minimum absolute atomic E-state index is 0.138. The zero-order valence-electron chi connectivity index (χ0n) is 12.9. The van der Waals surface area contributed by atoms with Crippen LogP contribution in [0, 0.1) is 0 Å². The molecule has 0 aromatic carbocycles. The van der Waals surface area contributed by atoms with Crippen molar-refractivity contribution >= 4 is 6.09 Å². The summed E-state index contributed by atoms with van der Waals surface area (Å²) < 4.78 is 5.22. The van der Waals surface area contributed by atoms with Crippen LogP contribution in [-0.2, 0) is 4.74 Å². The standard InChI is InChI=1S/C14H29N3O2/c1-13(2,3)19-12(18)16-10-14(4,5)17-9-11-7-6-8-15-11/h11,15,17H,6-10H2,1-5H3,(H,16,18). The number of amides is 1. The molecular formula is C14H29N3O2. The topological polar surface area (TPSA) is 62.4 Å². The third-order valence-electron chi connectivity index (χ3n) is 3.06. The third kappa shape index (κ3) is 7.38. The van der Waals surface area contributed by atoms with Crippen LogP contribution >= 0.6 is 0 Å². The molecule has 1 saturated heterocycles. The van der Waals surface area contributed by atoms with Gasteiger partial charge < -0.3 is 20.7 Å². The van der Waals surface area contributed by atoms with Crippen molar-refractivity contribution in [1.29, 1.82) is 0 Å². The monoisotopic (exact) mass is 271 g/mol. The number of hydrogen-bond donors (Lipinski definition) is 3. The van der Waals surface area contributed by atoms with Crippen molar-refractivity contribution in [3.8, 4) is 0 Å². The van der Waals surface area contributed by atoms with Gasteiger partial charge in [0.2, 0.25) is 0 Å². The largest absolute Gasteiger partial charge is 0.444 e. The lowest BCUT2D eigenvalue weighted by atomic mass is 10.1. The molecule has 1 fully saturated rings. The first-order valence-electron chi connectivity index (χ1n) is 7.13. The molecule has 3 N–H and O–H groups in total. The van der Waals surface area contributed by atoms with Crippen molar-refractivity contribution in [2.45, 2.75) is 64.6 Å². The van der Waals surface area contributed by atoms with Crippen LogP contribution < -0.4 is 16.0 Å². The molecule has 0 aromatic rings. The molecule has 0 aromatic heterocycles. The Labute approximate surface area is 116 Å². The second-order valence-corrected chi connectivity index (χ2v) is 6.91. The average molecular weight is 271 g/mol. The van der Waals surface area contributed by atoms with Gasteiger partial charge in [0.1, 0.15) is 5.60 Å². The Morgan fingerprint density at radius 1 is 1.32 bits per heavy atom. The number of hydrogen-bond acceptors (Lipinski definition) is 4. The molecule has 112 valence electrons. The van der Waals surface area contributed by atoms with Crippen LogP contribution in [0.5, 0.6) is 0 Å². The first kappa shape index (κ1) is 16.2. The number of ether oxygens (including phenoxy) is 1. The van der Waals surface area contributed by atoms with E-state index in [-0.39, 0.29) is 11.6 Å². The molecule has 0 saturated carbocycles. The summed E-state index contributed by atoms with van der Waals surface area (Å²) in [6.45, 7) is 12.4. The van der Waals surface area contributed by atoms with Crippen LogP contribution in [0.15, 0.2) is 0 Å². The van der Waals surface area contributed by atoms with E-state index in [0.717, 1.165) is 13.1 Å². The fourth-order valence-electron chi connectivity index (χ4n) is 2.00. The normalized spacial score (nSPS) is 20.4. The molecule has 1 atom stereocenters. The molecule has 1 heterocycles. The lowest BCUT2D eigenvalue weighted by Crippen LogP contribution is -2.52. The van der Waals surface area contributed by atoms with E-state index in [4.69, 9.17) is 4.74 Å². The Bertz CT molecular complexity index is 292. The van der Waals surface area contributed by atoms with E-state index in [1.54, 1.807) is 0 Å². The van der Waals surface area contributed by atoms with Crippen LogP contribution in [0.1, 0.15) is 47.5 Å². The highest BCUT2D eigenvalue weighted by atomic mass is 16.6. The molecule has 0 aliphatic carbocycles. The Morgan fingerprint density at radius 2 is 2.00 bits per heavy atom. The molecular weight excluding hydrogens is 242 g/mol. The molecule has 0 bridgehead atoms. The van der Waals surface area contributed by atoms with Gasteiger partial charge in [0.05, 0.1) is 0 Å². The summed E-state index contributed by atoms with van der Waals surface area (Å²) in [4.78, 5) is 11.6. The van der Waals surface area contributed by atoms with Crippen LogP contribution in [0.4, 0.5) is 4.79 Å². The summed E-state index contributed by atoms with van der Waals surface area (Å²) in [5, 5.41) is 9.75. The van der Waals surface area contributed by atoms with Crippen LogP contribution in [0.3, 0.4) is 0 Å². The SMILES string of the molecule is CC(C)(CNC(=O)OC(C)(C)C)NCC1CCCN1. The summed E-state index contributed by atoms with van der Waals surface area (Å²) in [7, 11) is 0. The molecule has 1 unspecified atom stereocenters. The summed E-state index contributed by atoms with van der Waals surface area (Å²) >= 11 is 0. The first-order valence-corrected chi connectivity index (χ1v) is 7.13. The van der Waals surface area contributed by atoms with E-state index in [1.165, 1.54) is 12.8 Å². The van der Waals surface area contributed by atoms with Gasteiger partial charge in [0.25, 0.3) is 0 Å². The quantitative estimate of drug-likeness (QED) is 0.711. The highest BCUT2D eigenvalue weighted by Gasteiger charge is 2.23. The van der Waals surface area contributed by atoms with Crippen molar-refractivity contribution in [3.63, 3.8) is 0 Å². The van der Waals surface area contributed by atoms with E-state index in [2.05, 4.69) is 29.8 Å². The van der Waals surface area contributed by atoms with E-state index >= 15 is 0 Å². The molecule has 1 aliphatic rings. The van der Waals surface area contributed by atoms with Gasteiger partial charge in [-0.05, 0) is 54.0 Å². The van der Waals surface area contributed by atoms with E-state index in [9.17, 15) is 4.79 Å². The summed E-state index contributed by atoms with van der Waals surface area (Å²) in [6, 6.07) is 0.556. The molecule has 1 rings (SSSR count). The summed E-state index contributed by atoms with van der Waals surface area (Å²) in [5.41, 5.74) is -0.587. The molecule has 1 amide bonds. The van der Waals surface area contributed by atoms with Gasteiger partial charge in [-0.1, -0.05) is 0 Å². The molecule has 0 spiro atoms. The lowest BCUT2D eigenvalue weighted by Gasteiger charge is -2.29. The zero-order chi connectivity index (χ0) is 14.5. The molecule has 0 radical (unpaired) electrons.